The van der Waals surface area contributed by atoms with E-state index in [1.165, 1.54) is 12.1 Å². The number of piperazine rings is 1. The van der Waals surface area contributed by atoms with E-state index in [-0.39, 0.29) is 24.1 Å². The highest BCUT2D eigenvalue weighted by molar-refractivity contribution is 5.88. The molecule has 1 aliphatic rings. The highest BCUT2D eigenvalue weighted by Crippen LogP contribution is 2.28. The Morgan fingerprint density at radius 3 is 2.63 bits per heavy atom. The molecule has 2 heterocycles. The number of anilines is 1. The first-order valence-electron chi connectivity index (χ1n) is 11.7. The lowest BCUT2D eigenvalue weighted by Crippen LogP contribution is -2.56. The van der Waals surface area contributed by atoms with E-state index in [9.17, 15) is 18.8 Å². The number of aldehydes is 1. The minimum atomic E-state index is -0.863. The van der Waals surface area contributed by atoms with Crippen molar-refractivity contribution >= 4 is 34.9 Å². The van der Waals surface area contributed by atoms with Crippen molar-refractivity contribution in [1.29, 1.82) is 0 Å². The summed E-state index contributed by atoms with van der Waals surface area (Å²) in [7, 11) is 0. The Hall–Kier alpha value is -3.88. The first-order valence-corrected chi connectivity index (χ1v) is 11.7. The van der Waals surface area contributed by atoms with Gasteiger partial charge >= 0.3 is 12.0 Å². The lowest BCUT2D eigenvalue weighted by atomic mass is 9.93. The number of aromatic nitrogens is 1. The van der Waals surface area contributed by atoms with E-state index in [0.29, 0.717) is 38.2 Å². The van der Waals surface area contributed by atoms with Gasteiger partial charge in [0.15, 0.2) is 6.29 Å². The van der Waals surface area contributed by atoms with Crippen molar-refractivity contribution in [3.8, 4) is 0 Å². The largest absolute Gasteiger partial charge is 0.464 e. The minimum Gasteiger partial charge on any atom is -0.464 e. The standard InChI is InChI=1S/C26H29FN4O4/c1-3-35-25(33)24(17(2)21-15-28-22-7-5-4-6-20(21)22)29-26(34)31-12-10-30(11-13-31)23-9-8-19(27)14-18(23)16-32/h4-9,14-17,24,28H,3,10-13H2,1-2H3,(H,29,34)/t17-,24+/m0/s1. The molecule has 0 bridgehead atoms. The van der Waals surface area contributed by atoms with E-state index >= 15 is 0 Å². The Morgan fingerprint density at radius 2 is 1.91 bits per heavy atom. The van der Waals surface area contributed by atoms with Crippen molar-refractivity contribution in [2.45, 2.75) is 25.8 Å². The van der Waals surface area contributed by atoms with E-state index in [1.54, 1.807) is 17.9 Å². The number of nitrogens with zero attached hydrogens (tertiary/aromatic N) is 2. The first-order chi connectivity index (χ1) is 16.9. The quantitative estimate of drug-likeness (QED) is 0.397. The van der Waals surface area contributed by atoms with E-state index in [4.69, 9.17) is 4.74 Å². The molecule has 1 saturated heterocycles. The Bertz CT molecular complexity index is 1220. The smallest absolute Gasteiger partial charge is 0.329 e. The van der Waals surface area contributed by atoms with Crippen LogP contribution in [0.25, 0.3) is 10.9 Å². The highest BCUT2D eigenvalue weighted by atomic mass is 19.1. The van der Waals surface area contributed by atoms with Gasteiger partial charge in [-0.15, -0.1) is 0 Å². The maximum atomic E-state index is 13.5. The zero-order valence-electron chi connectivity index (χ0n) is 19.8. The normalized spacial score (nSPS) is 15.5. The predicted octanol–water partition coefficient (Wildman–Crippen LogP) is 3.69. The minimum absolute atomic E-state index is 0.210. The maximum absolute atomic E-state index is 13.5. The third-order valence-corrected chi connectivity index (χ3v) is 6.46. The summed E-state index contributed by atoms with van der Waals surface area (Å²) in [5, 5.41) is 3.87. The number of amides is 2. The van der Waals surface area contributed by atoms with Crippen LogP contribution in [0.2, 0.25) is 0 Å². The summed E-state index contributed by atoms with van der Waals surface area (Å²) in [6.45, 7) is 5.56. The monoisotopic (exact) mass is 480 g/mol. The number of para-hydroxylation sites is 1. The molecule has 8 nitrogen and oxygen atoms in total. The van der Waals surface area contributed by atoms with Crippen molar-refractivity contribution in [2.24, 2.45) is 0 Å². The fourth-order valence-corrected chi connectivity index (χ4v) is 4.55. The van der Waals surface area contributed by atoms with Crippen LogP contribution < -0.4 is 10.2 Å². The third-order valence-electron chi connectivity index (χ3n) is 6.46. The van der Waals surface area contributed by atoms with Crippen LogP contribution in [0.15, 0.2) is 48.7 Å². The molecule has 3 aromatic rings. The number of benzene rings is 2. The van der Waals surface area contributed by atoms with Crippen LogP contribution in [0.4, 0.5) is 14.9 Å². The van der Waals surface area contributed by atoms with Crippen molar-refractivity contribution in [3.63, 3.8) is 0 Å². The van der Waals surface area contributed by atoms with Crippen molar-refractivity contribution in [3.05, 3.63) is 65.6 Å². The van der Waals surface area contributed by atoms with E-state index in [0.717, 1.165) is 16.5 Å². The fraction of sp³-hybridized carbons (Fsp3) is 0.346. The molecule has 1 aliphatic heterocycles. The average molecular weight is 481 g/mol. The lowest BCUT2D eigenvalue weighted by Gasteiger charge is -2.37. The summed E-state index contributed by atoms with van der Waals surface area (Å²) in [6, 6.07) is 10.7. The summed E-state index contributed by atoms with van der Waals surface area (Å²) < 4.78 is 18.8. The van der Waals surface area contributed by atoms with Gasteiger partial charge in [0, 0.05) is 60.4 Å². The van der Waals surface area contributed by atoms with Crippen LogP contribution >= 0.6 is 0 Å². The van der Waals surface area contributed by atoms with E-state index < -0.39 is 17.8 Å². The molecule has 0 radical (unpaired) electrons. The number of rotatable bonds is 7. The number of carbonyl (C=O) groups excluding carboxylic acids is 3. The Kier molecular flexibility index (Phi) is 7.33. The molecule has 0 saturated carbocycles. The van der Waals surface area contributed by atoms with Crippen LogP contribution in [0, 0.1) is 5.82 Å². The van der Waals surface area contributed by atoms with Crippen molar-refractivity contribution in [2.75, 3.05) is 37.7 Å². The topological polar surface area (TPSA) is 94.7 Å². The number of carbonyl (C=O) groups is 3. The third kappa shape index (κ3) is 5.13. The number of halogens is 1. The van der Waals surface area contributed by atoms with Crippen molar-refractivity contribution in [1.82, 2.24) is 15.2 Å². The van der Waals surface area contributed by atoms with E-state index in [2.05, 4.69) is 10.3 Å². The summed E-state index contributed by atoms with van der Waals surface area (Å²) in [5.41, 5.74) is 2.79. The highest BCUT2D eigenvalue weighted by Gasteiger charge is 2.33. The van der Waals surface area contributed by atoms with Crippen LogP contribution in [-0.4, -0.2) is 67.0 Å². The number of hydrogen-bond donors (Lipinski definition) is 2. The molecule has 4 rings (SSSR count). The molecule has 2 atom stereocenters. The number of fused-ring (bicyclic) bond motifs is 1. The number of urea groups is 1. The maximum Gasteiger partial charge on any atom is 0.329 e. The van der Waals surface area contributed by atoms with Gasteiger partial charge in [0.1, 0.15) is 11.9 Å². The first kappa shape index (κ1) is 24.3. The van der Waals surface area contributed by atoms with E-state index in [1.807, 2.05) is 42.3 Å². The molecule has 2 N–H and O–H groups in total. The second kappa shape index (κ2) is 10.6. The number of ether oxygens (including phenoxy) is 1. The molecule has 9 heteroatoms. The molecule has 184 valence electrons. The zero-order chi connectivity index (χ0) is 24.9. The average Bonchev–Trinajstić information content (AvgIpc) is 3.31. The molecule has 35 heavy (non-hydrogen) atoms. The van der Waals surface area contributed by atoms with Crippen molar-refractivity contribution < 1.29 is 23.5 Å². The second-order valence-electron chi connectivity index (χ2n) is 8.55. The Balaban J connectivity index is 1.46. The van der Waals surface area contributed by atoms with Crippen LogP contribution in [0.5, 0.6) is 0 Å². The molecule has 0 unspecified atom stereocenters. The van der Waals surface area contributed by atoms with Gasteiger partial charge in [-0.05, 0) is 36.8 Å². The SMILES string of the molecule is CCOC(=O)[C@H](NC(=O)N1CCN(c2ccc(F)cc2C=O)CC1)[C@@H](C)c1c[nH]c2ccccc12. The zero-order valence-corrected chi connectivity index (χ0v) is 19.8. The Morgan fingerprint density at radius 1 is 1.17 bits per heavy atom. The van der Waals surface area contributed by atoms with Gasteiger partial charge in [0.25, 0.3) is 0 Å². The molecular weight excluding hydrogens is 451 g/mol. The fourth-order valence-electron chi connectivity index (χ4n) is 4.55. The van der Waals surface area contributed by atoms with Gasteiger partial charge in [-0.3, -0.25) is 4.79 Å². The summed E-state index contributed by atoms with van der Waals surface area (Å²) in [6.07, 6.45) is 2.49. The number of H-pyrrole nitrogens is 1. The molecule has 1 fully saturated rings. The lowest BCUT2D eigenvalue weighted by molar-refractivity contribution is -0.145. The van der Waals surface area contributed by atoms with Gasteiger partial charge in [-0.2, -0.15) is 0 Å². The molecule has 2 aromatic carbocycles. The summed E-state index contributed by atoms with van der Waals surface area (Å²) in [4.78, 5) is 44.1. The number of aromatic amines is 1. The van der Waals surface area contributed by atoms with Gasteiger partial charge in [0.2, 0.25) is 0 Å². The van der Waals surface area contributed by atoms with Gasteiger partial charge in [-0.1, -0.05) is 25.1 Å². The predicted molar refractivity (Wildman–Crippen MR) is 131 cm³/mol. The Labute approximate surface area is 203 Å². The second-order valence-corrected chi connectivity index (χ2v) is 8.55. The van der Waals surface area contributed by atoms with Crippen LogP contribution in [0.1, 0.15) is 35.7 Å². The summed E-state index contributed by atoms with van der Waals surface area (Å²) in [5.74, 6) is -1.29. The number of hydrogen-bond acceptors (Lipinski definition) is 5. The molecule has 2 amide bonds. The van der Waals surface area contributed by atoms with Crippen LogP contribution in [-0.2, 0) is 9.53 Å². The van der Waals surface area contributed by atoms with Gasteiger partial charge in [-0.25, -0.2) is 14.0 Å². The van der Waals surface area contributed by atoms with Gasteiger partial charge < -0.3 is 24.8 Å². The number of nitrogens with one attached hydrogen (secondary N) is 2. The van der Waals surface area contributed by atoms with Crippen LogP contribution in [0.3, 0.4) is 0 Å². The number of esters is 1. The molecular formula is C26H29FN4O4. The molecule has 1 aromatic heterocycles. The van der Waals surface area contributed by atoms with Gasteiger partial charge in [0.05, 0.1) is 6.61 Å². The molecule has 0 spiro atoms. The summed E-state index contributed by atoms with van der Waals surface area (Å²) >= 11 is 0. The molecule has 0 aliphatic carbocycles.